The molecule has 3 N–H and O–H groups in total. The number of hydrogen-bond acceptors (Lipinski definition) is 5. The van der Waals surface area contributed by atoms with Crippen molar-refractivity contribution >= 4 is 23.3 Å². The molecule has 2 aromatic rings. The van der Waals surface area contributed by atoms with Gasteiger partial charge in [0.1, 0.15) is 12.3 Å². The summed E-state index contributed by atoms with van der Waals surface area (Å²) in [5.74, 6) is -0.331. The molecule has 0 bridgehead atoms. The quantitative estimate of drug-likeness (QED) is 0.647. The van der Waals surface area contributed by atoms with Gasteiger partial charge in [0.25, 0.3) is 5.91 Å². The Labute approximate surface area is 187 Å². The van der Waals surface area contributed by atoms with Crippen LogP contribution in [-0.4, -0.2) is 35.9 Å². The topological polar surface area (TPSA) is 100 Å². The van der Waals surface area contributed by atoms with Crippen molar-refractivity contribution < 1.29 is 19.4 Å². The van der Waals surface area contributed by atoms with Gasteiger partial charge in [-0.25, -0.2) is 0 Å². The second kappa shape index (κ2) is 9.12. The maximum absolute atomic E-state index is 12.3. The zero-order valence-electron chi connectivity index (χ0n) is 18.7. The first-order chi connectivity index (χ1) is 15.4. The minimum atomic E-state index is -0.419. The first-order valence-corrected chi connectivity index (χ1v) is 11.1. The van der Waals surface area contributed by atoms with Gasteiger partial charge in [-0.1, -0.05) is 6.07 Å². The van der Waals surface area contributed by atoms with Gasteiger partial charge in [0, 0.05) is 17.9 Å². The van der Waals surface area contributed by atoms with Crippen LogP contribution in [0.25, 0.3) is 0 Å². The predicted molar refractivity (Wildman–Crippen MR) is 123 cm³/mol. The standard InChI is InChI=1S/C25H29N3O4/c1-4-32-21-7-5-6-18-16(8-9-20(29)23(18)21)12-19-14(2)10-17(11-15(19)3)27-25(31)24-26-13-22(30)28-24/h8-11,21,29H,4-7,12-13H2,1-3H3,(H,27,31)(H,26,28,30). The first kappa shape index (κ1) is 22.0. The lowest BCUT2D eigenvalue weighted by Crippen LogP contribution is -2.35. The number of anilines is 1. The molecular formula is C25H29N3O4. The third-order valence-corrected chi connectivity index (χ3v) is 6.19. The van der Waals surface area contributed by atoms with E-state index in [1.54, 1.807) is 6.07 Å². The molecule has 0 aromatic heterocycles. The largest absolute Gasteiger partial charge is 0.508 e. The SMILES string of the molecule is CCOC1CCCc2c(Cc3c(C)cc(NC(=O)C4=NCC(=O)N4)cc3C)ccc(O)c21. The predicted octanol–water partition coefficient (Wildman–Crippen LogP) is 3.48. The van der Waals surface area contributed by atoms with Gasteiger partial charge in [0.2, 0.25) is 5.91 Å². The van der Waals surface area contributed by atoms with Crippen LogP contribution in [0, 0.1) is 13.8 Å². The Bertz CT molecular complexity index is 1080. The summed E-state index contributed by atoms with van der Waals surface area (Å²) < 4.78 is 5.91. The number of benzene rings is 2. The second-order valence-corrected chi connectivity index (χ2v) is 8.40. The lowest BCUT2D eigenvalue weighted by atomic mass is 9.83. The van der Waals surface area contributed by atoms with E-state index >= 15 is 0 Å². The summed E-state index contributed by atoms with van der Waals surface area (Å²) in [6.45, 7) is 6.65. The van der Waals surface area contributed by atoms with E-state index in [0.717, 1.165) is 42.4 Å². The number of fused-ring (bicyclic) bond motifs is 1. The third-order valence-electron chi connectivity index (χ3n) is 6.19. The summed E-state index contributed by atoms with van der Waals surface area (Å²) in [6.07, 6.45) is 3.59. The normalized spacial score (nSPS) is 17.5. The van der Waals surface area contributed by atoms with Gasteiger partial charge in [-0.15, -0.1) is 0 Å². The van der Waals surface area contributed by atoms with Crippen LogP contribution in [0.2, 0.25) is 0 Å². The highest BCUT2D eigenvalue weighted by molar-refractivity contribution is 6.45. The molecule has 2 amide bonds. The summed E-state index contributed by atoms with van der Waals surface area (Å²) in [5.41, 5.74) is 7.33. The van der Waals surface area contributed by atoms with Crippen LogP contribution in [0.1, 0.15) is 59.3 Å². The number of aliphatic imine (C=N–C) groups is 1. The lowest BCUT2D eigenvalue weighted by molar-refractivity contribution is -0.118. The van der Waals surface area contributed by atoms with Crippen LogP contribution < -0.4 is 10.6 Å². The van der Waals surface area contributed by atoms with E-state index < -0.39 is 5.91 Å². The maximum atomic E-state index is 12.3. The molecule has 7 nitrogen and oxygen atoms in total. The number of aryl methyl sites for hydroxylation is 2. The van der Waals surface area contributed by atoms with Gasteiger partial charge in [-0.05, 0) is 92.5 Å². The Morgan fingerprint density at radius 2 is 2.03 bits per heavy atom. The molecule has 0 spiro atoms. The molecule has 0 fully saturated rings. The summed E-state index contributed by atoms with van der Waals surface area (Å²) in [6, 6.07) is 7.67. The van der Waals surface area contributed by atoms with Gasteiger partial charge < -0.3 is 20.5 Å². The van der Waals surface area contributed by atoms with Crippen molar-refractivity contribution in [3.05, 3.63) is 57.6 Å². The number of hydrogen-bond donors (Lipinski definition) is 3. The molecule has 0 radical (unpaired) electrons. The molecule has 168 valence electrons. The molecule has 1 aliphatic carbocycles. The van der Waals surface area contributed by atoms with E-state index in [0.29, 0.717) is 18.0 Å². The van der Waals surface area contributed by atoms with Gasteiger partial charge in [0.15, 0.2) is 5.84 Å². The van der Waals surface area contributed by atoms with E-state index in [1.165, 1.54) is 16.7 Å². The molecule has 32 heavy (non-hydrogen) atoms. The summed E-state index contributed by atoms with van der Waals surface area (Å²) >= 11 is 0. The van der Waals surface area contributed by atoms with Crippen LogP contribution >= 0.6 is 0 Å². The summed E-state index contributed by atoms with van der Waals surface area (Å²) in [4.78, 5) is 27.5. The molecule has 2 aromatic carbocycles. The minimum absolute atomic E-state index is 0.0130. The monoisotopic (exact) mass is 435 g/mol. The molecule has 4 rings (SSSR count). The van der Waals surface area contributed by atoms with Crippen LogP contribution in [0.15, 0.2) is 29.3 Å². The Kier molecular flexibility index (Phi) is 6.28. The Balaban J connectivity index is 1.59. The van der Waals surface area contributed by atoms with E-state index in [9.17, 15) is 14.7 Å². The van der Waals surface area contributed by atoms with Crippen molar-refractivity contribution in [1.82, 2.24) is 5.32 Å². The summed E-state index contributed by atoms with van der Waals surface area (Å²) in [5, 5.41) is 15.8. The molecule has 0 saturated carbocycles. The average molecular weight is 436 g/mol. The van der Waals surface area contributed by atoms with Gasteiger partial charge in [-0.2, -0.15) is 0 Å². The summed E-state index contributed by atoms with van der Waals surface area (Å²) in [7, 11) is 0. The number of ether oxygens (including phenoxy) is 1. The number of amidine groups is 1. The van der Waals surface area contributed by atoms with Crippen LogP contribution in [0.4, 0.5) is 5.69 Å². The number of aromatic hydroxyl groups is 1. The van der Waals surface area contributed by atoms with Gasteiger partial charge in [0.05, 0.1) is 6.10 Å². The van der Waals surface area contributed by atoms with Crippen molar-refractivity contribution in [3.63, 3.8) is 0 Å². The molecule has 0 saturated heterocycles. The minimum Gasteiger partial charge on any atom is -0.508 e. The fraction of sp³-hybridized carbons (Fsp3) is 0.400. The molecule has 1 aliphatic heterocycles. The van der Waals surface area contributed by atoms with Crippen LogP contribution in [0.3, 0.4) is 0 Å². The number of phenolic OH excluding ortho intramolecular Hbond substituents is 1. The third kappa shape index (κ3) is 4.39. The maximum Gasteiger partial charge on any atom is 0.291 e. The van der Waals surface area contributed by atoms with E-state index in [-0.39, 0.29) is 24.4 Å². The number of carbonyl (C=O) groups excluding carboxylic acids is 2. The highest BCUT2D eigenvalue weighted by atomic mass is 16.5. The van der Waals surface area contributed by atoms with E-state index in [4.69, 9.17) is 4.74 Å². The fourth-order valence-electron chi connectivity index (χ4n) is 4.71. The number of nitrogens with one attached hydrogen (secondary N) is 2. The molecule has 1 atom stereocenters. The number of phenols is 1. The highest BCUT2D eigenvalue weighted by Gasteiger charge is 2.26. The first-order valence-electron chi connectivity index (χ1n) is 11.1. The van der Waals surface area contributed by atoms with E-state index in [1.807, 2.05) is 39.0 Å². The highest BCUT2D eigenvalue weighted by Crippen LogP contribution is 2.40. The number of carbonyl (C=O) groups is 2. The van der Waals surface area contributed by atoms with Crippen LogP contribution in [-0.2, 0) is 27.2 Å². The van der Waals surface area contributed by atoms with Crippen LogP contribution in [0.5, 0.6) is 5.75 Å². The van der Waals surface area contributed by atoms with Gasteiger partial charge >= 0.3 is 0 Å². The van der Waals surface area contributed by atoms with Crippen molar-refractivity contribution in [2.75, 3.05) is 18.5 Å². The fourth-order valence-corrected chi connectivity index (χ4v) is 4.71. The lowest BCUT2D eigenvalue weighted by Gasteiger charge is -2.28. The molecule has 1 heterocycles. The van der Waals surface area contributed by atoms with E-state index in [2.05, 4.69) is 15.6 Å². The van der Waals surface area contributed by atoms with Crippen molar-refractivity contribution in [1.29, 1.82) is 0 Å². The number of nitrogens with zero attached hydrogens (tertiary/aromatic N) is 1. The smallest absolute Gasteiger partial charge is 0.291 e. The van der Waals surface area contributed by atoms with Crippen molar-refractivity contribution in [2.24, 2.45) is 4.99 Å². The molecule has 1 unspecified atom stereocenters. The van der Waals surface area contributed by atoms with Gasteiger partial charge in [-0.3, -0.25) is 14.6 Å². The zero-order valence-corrected chi connectivity index (χ0v) is 18.7. The molecule has 7 heteroatoms. The molecule has 2 aliphatic rings. The van der Waals surface area contributed by atoms with Crippen molar-refractivity contribution in [2.45, 2.75) is 52.6 Å². The Morgan fingerprint density at radius 1 is 1.28 bits per heavy atom. The Morgan fingerprint density at radius 3 is 2.69 bits per heavy atom. The zero-order chi connectivity index (χ0) is 22.8. The number of amides is 2. The second-order valence-electron chi connectivity index (χ2n) is 8.40. The average Bonchev–Trinajstić information content (AvgIpc) is 3.19. The number of rotatable bonds is 6. The molecular weight excluding hydrogens is 406 g/mol. The Hall–Kier alpha value is -3.19. The van der Waals surface area contributed by atoms with Crippen molar-refractivity contribution in [3.8, 4) is 5.75 Å².